The van der Waals surface area contributed by atoms with E-state index in [1.165, 1.54) is 11.0 Å². The molecular formula is C19H13F2NO2. The van der Waals surface area contributed by atoms with Gasteiger partial charge < -0.3 is 10.0 Å². The number of nitrogens with zero attached hydrogens (tertiary/aromatic N) is 1. The van der Waals surface area contributed by atoms with Crippen molar-refractivity contribution in [2.75, 3.05) is 11.4 Å². The Labute approximate surface area is 136 Å². The van der Waals surface area contributed by atoms with Gasteiger partial charge in [-0.2, -0.15) is 0 Å². The van der Waals surface area contributed by atoms with Crippen molar-refractivity contribution in [3.05, 3.63) is 77.4 Å². The van der Waals surface area contributed by atoms with E-state index in [0.717, 1.165) is 22.9 Å². The van der Waals surface area contributed by atoms with E-state index in [4.69, 9.17) is 0 Å². The lowest BCUT2D eigenvalue weighted by Gasteiger charge is -2.22. The van der Waals surface area contributed by atoms with E-state index >= 15 is 0 Å². The number of carbonyl (C=O) groups is 1. The molecule has 4 rings (SSSR count). The SMILES string of the molecule is O=C1c2cccc3cccc(c23)N1C[C@H](O)c1ccc(F)cc1F. The van der Waals surface area contributed by atoms with Crippen molar-refractivity contribution in [2.45, 2.75) is 6.10 Å². The Kier molecular flexibility index (Phi) is 3.32. The van der Waals surface area contributed by atoms with Crippen LogP contribution in [0.25, 0.3) is 10.8 Å². The van der Waals surface area contributed by atoms with E-state index in [2.05, 4.69) is 0 Å². The van der Waals surface area contributed by atoms with Gasteiger partial charge in [0.15, 0.2) is 0 Å². The molecule has 1 aliphatic rings. The molecule has 0 radical (unpaired) electrons. The Morgan fingerprint density at radius 1 is 1.04 bits per heavy atom. The van der Waals surface area contributed by atoms with Crippen molar-refractivity contribution >= 4 is 22.4 Å². The molecule has 1 atom stereocenters. The number of halogens is 2. The number of benzene rings is 3. The smallest absolute Gasteiger partial charge is 0.259 e. The van der Waals surface area contributed by atoms with Crippen molar-refractivity contribution in [1.29, 1.82) is 0 Å². The standard InChI is InChI=1S/C19H13F2NO2/c20-12-7-8-13(15(21)9-12)17(23)10-22-16-6-2-4-11-3-1-5-14(18(11)16)19(22)24/h1-9,17,23H,10H2/t17-/m0/s1. The largest absolute Gasteiger partial charge is 0.386 e. The molecule has 0 aliphatic carbocycles. The lowest BCUT2D eigenvalue weighted by molar-refractivity contribution is 0.0967. The molecule has 1 N–H and O–H groups in total. The Morgan fingerprint density at radius 3 is 2.54 bits per heavy atom. The molecule has 3 aromatic carbocycles. The molecule has 24 heavy (non-hydrogen) atoms. The number of aliphatic hydroxyl groups is 1. The predicted molar refractivity (Wildman–Crippen MR) is 86.9 cm³/mol. The Balaban J connectivity index is 1.71. The van der Waals surface area contributed by atoms with E-state index in [0.29, 0.717) is 11.3 Å². The molecule has 1 amide bonds. The average molecular weight is 325 g/mol. The van der Waals surface area contributed by atoms with Gasteiger partial charge in [0.1, 0.15) is 11.6 Å². The zero-order valence-electron chi connectivity index (χ0n) is 12.5. The lowest BCUT2D eigenvalue weighted by Crippen LogP contribution is -2.31. The summed E-state index contributed by atoms with van der Waals surface area (Å²) in [5.74, 6) is -1.77. The maximum atomic E-state index is 13.9. The number of carbonyl (C=O) groups excluding carboxylic acids is 1. The van der Waals surface area contributed by atoms with Gasteiger partial charge in [0, 0.05) is 22.6 Å². The average Bonchev–Trinajstić information content (AvgIpc) is 2.83. The summed E-state index contributed by atoms with van der Waals surface area (Å²) in [6.45, 7) is -0.102. The van der Waals surface area contributed by atoms with Gasteiger partial charge >= 0.3 is 0 Å². The Bertz CT molecular complexity index is 965. The van der Waals surface area contributed by atoms with Crippen LogP contribution in [0.2, 0.25) is 0 Å². The summed E-state index contributed by atoms with van der Waals surface area (Å²) < 4.78 is 26.9. The predicted octanol–water partition coefficient (Wildman–Crippen LogP) is 3.81. The van der Waals surface area contributed by atoms with Gasteiger partial charge in [0.25, 0.3) is 5.91 Å². The Morgan fingerprint density at radius 2 is 1.79 bits per heavy atom. The molecule has 0 spiro atoms. The van der Waals surface area contributed by atoms with Gasteiger partial charge in [-0.3, -0.25) is 4.79 Å². The van der Waals surface area contributed by atoms with Crippen LogP contribution in [0.15, 0.2) is 54.6 Å². The molecule has 0 saturated heterocycles. The summed E-state index contributed by atoms with van der Waals surface area (Å²) in [4.78, 5) is 14.1. The van der Waals surface area contributed by atoms with Gasteiger partial charge in [0.05, 0.1) is 18.3 Å². The van der Waals surface area contributed by atoms with Crippen LogP contribution in [0.4, 0.5) is 14.5 Å². The third-order valence-corrected chi connectivity index (χ3v) is 4.33. The maximum Gasteiger partial charge on any atom is 0.259 e. The molecule has 0 aromatic heterocycles. The van der Waals surface area contributed by atoms with Crippen molar-refractivity contribution < 1.29 is 18.7 Å². The molecule has 0 fully saturated rings. The summed E-state index contributed by atoms with van der Waals surface area (Å²) in [6, 6.07) is 14.0. The van der Waals surface area contributed by atoms with E-state index in [9.17, 15) is 18.7 Å². The second-order valence-electron chi connectivity index (χ2n) is 5.78. The molecule has 1 aliphatic heterocycles. The first kappa shape index (κ1) is 14.8. The van der Waals surface area contributed by atoms with Gasteiger partial charge in [0.2, 0.25) is 0 Å². The first-order valence-electron chi connectivity index (χ1n) is 7.53. The quantitative estimate of drug-likeness (QED) is 0.795. The molecule has 0 bridgehead atoms. The monoisotopic (exact) mass is 325 g/mol. The first-order valence-corrected chi connectivity index (χ1v) is 7.53. The fourth-order valence-corrected chi connectivity index (χ4v) is 3.20. The van der Waals surface area contributed by atoms with Crippen LogP contribution >= 0.6 is 0 Å². The molecular weight excluding hydrogens is 312 g/mol. The molecule has 1 heterocycles. The maximum absolute atomic E-state index is 13.9. The minimum absolute atomic E-state index is 0.0349. The Hall–Kier alpha value is -2.79. The normalized spacial score (nSPS) is 14.5. The van der Waals surface area contributed by atoms with Crippen LogP contribution in [0.3, 0.4) is 0 Å². The minimum Gasteiger partial charge on any atom is -0.386 e. The van der Waals surface area contributed by atoms with Crippen molar-refractivity contribution in [2.24, 2.45) is 0 Å². The summed E-state index contributed by atoms with van der Waals surface area (Å²) >= 11 is 0. The molecule has 5 heteroatoms. The van der Waals surface area contributed by atoms with E-state index in [1.54, 1.807) is 18.2 Å². The number of rotatable bonds is 3. The highest BCUT2D eigenvalue weighted by Gasteiger charge is 2.31. The van der Waals surface area contributed by atoms with Crippen LogP contribution in [-0.2, 0) is 0 Å². The minimum atomic E-state index is -1.25. The summed E-state index contributed by atoms with van der Waals surface area (Å²) in [5.41, 5.74) is 1.22. The third-order valence-electron chi connectivity index (χ3n) is 4.33. The number of hydrogen-bond acceptors (Lipinski definition) is 2. The summed E-state index contributed by atoms with van der Waals surface area (Å²) in [5, 5.41) is 12.1. The zero-order chi connectivity index (χ0) is 16.8. The highest BCUT2D eigenvalue weighted by atomic mass is 19.1. The first-order chi connectivity index (χ1) is 11.6. The van der Waals surface area contributed by atoms with Crippen LogP contribution in [-0.4, -0.2) is 17.6 Å². The molecule has 120 valence electrons. The second kappa shape index (κ2) is 5.39. The van der Waals surface area contributed by atoms with Crippen molar-refractivity contribution in [3.63, 3.8) is 0 Å². The van der Waals surface area contributed by atoms with Gasteiger partial charge in [-0.1, -0.05) is 30.3 Å². The highest BCUT2D eigenvalue weighted by Crippen LogP contribution is 2.38. The van der Waals surface area contributed by atoms with Crippen molar-refractivity contribution in [3.8, 4) is 0 Å². The van der Waals surface area contributed by atoms with Crippen LogP contribution in [0.1, 0.15) is 22.0 Å². The van der Waals surface area contributed by atoms with E-state index < -0.39 is 17.7 Å². The second-order valence-corrected chi connectivity index (χ2v) is 5.78. The fraction of sp³-hybridized carbons (Fsp3) is 0.105. The van der Waals surface area contributed by atoms with Gasteiger partial charge in [-0.25, -0.2) is 8.78 Å². The number of hydrogen-bond donors (Lipinski definition) is 1. The van der Waals surface area contributed by atoms with Gasteiger partial charge in [-0.05, 0) is 23.6 Å². The molecule has 3 nitrogen and oxygen atoms in total. The van der Waals surface area contributed by atoms with E-state index in [-0.39, 0.29) is 18.0 Å². The summed E-state index contributed by atoms with van der Waals surface area (Å²) in [7, 11) is 0. The lowest BCUT2D eigenvalue weighted by atomic mass is 10.1. The number of amides is 1. The molecule has 0 saturated carbocycles. The zero-order valence-corrected chi connectivity index (χ0v) is 12.5. The van der Waals surface area contributed by atoms with Crippen LogP contribution < -0.4 is 4.90 Å². The van der Waals surface area contributed by atoms with Crippen molar-refractivity contribution in [1.82, 2.24) is 0 Å². The fourth-order valence-electron chi connectivity index (χ4n) is 3.20. The third kappa shape index (κ3) is 2.17. The molecule has 0 unspecified atom stereocenters. The van der Waals surface area contributed by atoms with Gasteiger partial charge in [-0.15, -0.1) is 0 Å². The topological polar surface area (TPSA) is 40.5 Å². The molecule has 3 aromatic rings. The number of β-amino-alcohol motifs (C(OH)–C–C–N with tert-alkyl or cyclic N) is 1. The summed E-state index contributed by atoms with van der Waals surface area (Å²) in [6.07, 6.45) is -1.25. The highest BCUT2D eigenvalue weighted by molar-refractivity contribution is 6.25. The van der Waals surface area contributed by atoms with E-state index in [1.807, 2.05) is 18.2 Å². The number of anilines is 1. The van der Waals surface area contributed by atoms with Crippen LogP contribution in [0.5, 0.6) is 0 Å². The number of aliphatic hydroxyl groups excluding tert-OH is 1. The van der Waals surface area contributed by atoms with Crippen LogP contribution in [0, 0.1) is 11.6 Å².